The van der Waals surface area contributed by atoms with Crippen molar-refractivity contribution in [2.45, 2.75) is 60.4 Å². The first-order valence-corrected chi connectivity index (χ1v) is 7.03. The summed E-state index contributed by atoms with van der Waals surface area (Å²) in [5.41, 5.74) is 2.85. The van der Waals surface area contributed by atoms with Crippen LogP contribution in [0.3, 0.4) is 0 Å². The molecular formula is C15H28FN. The van der Waals surface area contributed by atoms with Crippen molar-refractivity contribution < 1.29 is 4.48 Å². The van der Waals surface area contributed by atoms with E-state index in [0.29, 0.717) is 24.3 Å². The number of rotatable bonds is 3. The molecule has 1 aliphatic rings. The second-order valence-electron chi connectivity index (χ2n) is 5.99. The standard InChI is InChI=1S/C15H28FN/c1-7-11(4)15-12(5)8-13(6)17(16)9-14(15)10(2)3/h10-13H,7-9H2,1-6H3. The number of nitrogens with zero attached hydrogens (tertiary/aromatic N) is 1. The summed E-state index contributed by atoms with van der Waals surface area (Å²) >= 11 is 0. The van der Waals surface area contributed by atoms with Crippen LogP contribution in [0.25, 0.3) is 0 Å². The molecule has 0 amide bonds. The Hall–Kier alpha value is -0.370. The van der Waals surface area contributed by atoms with Crippen LogP contribution in [0, 0.1) is 17.8 Å². The SMILES string of the molecule is CCC(C)C1=C(C(C)C)CN(F)C(C)CC1C. The Labute approximate surface area is 106 Å². The smallest absolute Gasteiger partial charge is 0.0509 e. The van der Waals surface area contributed by atoms with E-state index in [2.05, 4.69) is 34.6 Å². The Bertz CT molecular complexity index is 283. The molecule has 0 spiro atoms. The normalized spacial score (nSPS) is 29.6. The van der Waals surface area contributed by atoms with Gasteiger partial charge in [0.15, 0.2) is 0 Å². The molecule has 1 aliphatic heterocycles. The predicted octanol–water partition coefficient (Wildman–Crippen LogP) is 4.60. The lowest BCUT2D eigenvalue weighted by Crippen LogP contribution is -2.26. The molecule has 0 aromatic heterocycles. The lowest BCUT2D eigenvalue weighted by Gasteiger charge is -2.25. The van der Waals surface area contributed by atoms with Gasteiger partial charge in [0.05, 0.1) is 6.54 Å². The largest absolute Gasteiger partial charge is 0.140 e. The fourth-order valence-corrected chi connectivity index (χ4v) is 3.02. The fraction of sp³-hybridized carbons (Fsp3) is 0.867. The zero-order chi connectivity index (χ0) is 13.2. The first-order valence-electron chi connectivity index (χ1n) is 7.03. The van der Waals surface area contributed by atoms with E-state index in [-0.39, 0.29) is 6.04 Å². The minimum Gasteiger partial charge on any atom is -0.140 e. The third-order valence-electron chi connectivity index (χ3n) is 4.24. The Morgan fingerprint density at radius 1 is 1.29 bits per heavy atom. The van der Waals surface area contributed by atoms with Crippen LogP contribution in [0.2, 0.25) is 0 Å². The number of halogens is 1. The van der Waals surface area contributed by atoms with Gasteiger partial charge in [0.25, 0.3) is 0 Å². The van der Waals surface area contributed by atoms with Crippen LogP contribution in [0.1, 0.15) is 54.4 Å². The van der Waals surface area contributed by atoms with Gasteiger partial charge in [0.1, 0.15) is 0 Å². The first kappa shape index (κ1) is 14.7. The van der Waals surface area contributed by atoms with E-state index < -0.39 is 0 Å². The average molecular weight is 241 g/mol. The first-order chi connectivity index (χ1) is 7.88. The third-order valence-corrected chi connectivity index (χ3v) is 4.24. The molecule has 0 aromatic carbocycles. The maximum atomic E-state index is 14.0. The molecule has 100 valence electrons. The van der Waals surface area contributed by atoms with Crippen LogP contribution >= 0.6 is 0 Å². The fourth-order valence-electron chi connectivity index (χ4n) is 3.02. The molecule has 0 fully saturated rings. The molecule has 1 nitrogen and oxygen atoms in total. The molecule has 0 saturated heterocycles. The third kappa shape index (κ3) is 3.31. The Balaban J connectivity index is 3.13. The van der Waals surface area contributed by atoms with E-state index in [4.69, 9.17) is 0 Å². The van der Waals surface area contributed by atoms with E-state index >= 15 is 0 Å². The van der Waals surface area contributed by atoms with Crippen LogP contribution in [0.5, 0.6) is 0 Å². The van der Waals surface area contributed by atoms with Gasteiger partial charge in [0.2, 0.25) is 0 Å². The quantitative estimate of drug-likeness (QED) is 0.515. The molecule has 1 heterocycles. The molecule has 2 heteroatoms. The molecule has 3 unspecified atom stereocenters. The second-order valence-corrected chi connectivity index (χ2v) is 5.99. The van der Waals surface area contributed by atoms with E-state index in [1.165, 1.54) is 11.1 Å². The van der Waals surface area contributed by atoms with Crippen LogP contribution in [0.4, 0.5) is 4.48 Å². The van der Waals surface area contributed by atoms with Gasteiger partial charge in [-0.3, -0.25) is 0 Å². The molecular weight excluding hydrogens is 213 g/mol. The molecule has 17 heavy (non-hydrogen) atoms. The number of hydrogen-bond donors (Lipinski definition) is 0. The molecule has 0 N–H and O–H groups in total. The van der Waals surface area contributed by atoms with Crippen molar-refractivity contribution in [3.8, 4) is 0 Å². The minimum atomic E-state index is 0.0420. The summed E-state index contributed by atoms with van der Waals surface area (Å²) in [6.45, 7) is 13.6. The lowest BCUT2D eigenvalue weighted by atomic mass is 9.80. The Morgan fingerprint density at radius 2 is 1.88 bits per heavy atom. The van der Waals surface area contributed by atoms with Gasteiger partial charge < -0.3 is 0 Å². The van der Waals surface area contributed by atoms with Gasteiger partial charge in [-0.25, -0.2) is 0 Å². The van der Waals surface area contributed by atoms with Gasteiger partial charge in [-0.2, -0.15) is 0 Å². The van der Waals surface area contributed by atoms with Crippen molar-refractivity contribution in [3.63, 3.8) is 0 Å². The van der Waals surface area contributed by atoms with Gasteiger partial charge in [-0.1, -0.05) is 45.8 Å². The molecule has 0 aromatic rings. The maximum absolute atomic E-state index is 14.0. The monoisotopic (exact) mass is 241 g/mol. The minimum absolute atomic E-state index is 0.0420. The summed E-state index contributed by atoms with van der Waals surface area (Å²) in [5.74, 6) is 1.55. The van der Waals surface area contributed by atoms with Crippen molar-refractivity contribution in [1.29, 1.82) is 0 Å². The number of allylic oxidation sites excluding steroid dienone is 1. The van der Waals surface area contributed by atoms with E-state index in [1.54, 1.807) is 0 Å². The molecule has 0 saturated carbocycles. The van der Waals surface area contributed by atoms with Crippen LogP contribution < -0.4 is 0 Å². The van der Waals surface area contributed by atoms with E-state index in [0.717, 1.165) is 18.0 Å². The summed E-state index contributed by atoms with van der Waals surface area (Å²) in [6, 6.07) is 0.0420. The molecule has 1 rings (SSSR count). The highest BCUT2D eigenvalue weighted by atomic mass is 19.2. The van der Waals surface area contributed by atoms with Gasteiger partial charge in [0, 0.05) is 6.04 Å². The summed E-state index contributed by atoms with van der Waals surface area (Å²) < 4.78 is 14.0. The maximum Gasteiger partial charge on any atom is 0.0509 e. The summed E-state index contributed by atoms with van der Waals surface area (Å²) in [7, 11) is 0. The molecule has 3 atom stereocenters. The molecule has 0 aliphatic carbocycles. The van der Waals surface area contributed by atoms with Crippen LogP contribution in [-0.2, 0) is 0 Å². The molecule has 0 bridgehead atoms. The predicted molar refractivity (Wildman–Crippen MR) is 72.4 cm³/mol. The zero-order valence-corrected chi connectivity index (χ0v) is 12.3. The topological polar surface area (TPSA) is 3.24 Å². The highest BCUT2D eigenvalue weighted by Crippen LogP contribution is 2.36. The van der Waals surface area contributed by atoms with Crippen LogP contribution in [-0.4, -0.2) is 17.7 Å². The van der Waals surface area contributed by atoms with Gasteiger partial charge >= 0.3 is 0 Å². The zero-order valence-electron chi connectivity index (χ0n) is 12.3. The highest BCUT2D eigenvalue weighted by Gasteiger charge is 2.29. The highest BCUT2D eigenvalue weighted by molar-refractivity contribution is 5.23. The molecule has 0 radical (unpaired) electrons. The van der Waals surface area contributed by atoms with Crippen molar-refractivity contribution in [1.82, 2.24) is 5.12 Å². The van der Waals surface area contributed by atoms with E-state index in [1.807, 2.05) is 6.92 Å². The van der Waals surface area contributed by atoms with Crippen LogP contribution in [0.15, 0.2) is 11.1 Å². The summed E-state index contributed by atoms with van der Waals surface area (Å²) in [6.07, 6.45) is 2.09. The van der Waals surface area contributed by atoms with Crippen molar-refractivity contribution in [3.05, 3.63) is 11.1 Å². The van der Waals surface area contributed by atoms with E-state index in [9.17, 15) is 4.48 Å². The van der Waals surface area contributed by atoms with Crippen molar-refractivity contribution >= 4 is 0 Å². The lowest BCUT2D eigenvalue weighted by molar-refractivity contribution is -0.00911. The summed E-state index contributed by atoms with van der Waals surface area (Å²) in [5, 5.41) is 1.03. The van der Waals surface area contributed by atoms with Crippen molar-refractivity contribution in [2.75, 3.05) is 6.54 Å². The summed E-state index contributed by atoms with van der Waals surface area (Å²) in [4.78, 5) is 0. The van der Waals surface area contributed by atoms with Gasteiger partial charge in [-0.05, 0) is 37.5 Å². The average Bonchev–Trinajstić information content (AvgIpc) is 2.36. The second kappa shape index (κ2) is 5.99. The Morgan fingerprint density at radius 3 is 2.35 bits per heavy atom. The Kier molecular flexibility index (Phi) is 5.18. The van der Waals surface area contributed by atoms with Crippen molar-refractivity contribution in [2.24, 2.45) is 17.8 Å². The van der Waals surface area contributed by atoms with Gasteiger partial charge in [-0.15, -0.1) is 9.60 Å². The number of hydrogen-bond acceptors (Lipinski definition) is 1.